The Morgan fingerprint density at radius 2 is 1.65 bits per heavy atom. The topological polar surface area (TPSA) is 110 Å². The standard InChI is InChI=1S/C23H33N3O5/c1-13(2)17(25-22(28)20(14(3)4)26-23(29)30-15(5)6)12-24-21(27)19-11-16-9-7-8-10-18(16)31-19/h7-11,13-15,17,20H,12H2,1-6H3,(H,24,27)(H,25,28)(H,26,29)/t17-,20+/m1/s1. The number of carbonyl (C=O) groups excluding carboxylic acids is 3. The van der Waals surface area contributed by atoms with Crippen LogP contribution in [0.5, 0.6) is 0 Å². The molecule has 3 N–H and O–H groups in total. The zero-order chi connectivity index (χ0) is 23.1. The van der Waals surface area contributed by atoms with Crippen molar-refractivity contribution in [2.45, 2.75) is 59.7 Å². The van der Waals surface area contributed by atoms with Gasteiger partial charge in [-0.25, -0.2) is 4.79 Å². The van der Waals surface area contributed by atoms with Gasteiger partial charge in [0.05, 0.1) is 6.10 Å². The quantitative estimate of drug-likeness (QED) is 0.563. The van der Waals surface area contributed by atoms with Crippen LogP contribution in [0.25, 0.3) is 11.0 Å². The fraction of sp³-hybridized carbons (Fsp3) is 0.522. The largest absolute Gasteiger partial charge is 0.451 e. The molecular formula is C23H33N3O5. The van der Waals surface area contributed by atoms with Crippen LogP contribution >= 0.6 is 0 Å². The highest BCUT2D eigenvalue weighted by Gasteiger charge is 2.28. The van der Waals surface area contributed by atoms with Gasteiger partial charge in [-0.05, 0) is 37.8 Å². The molecule has 2 aromatic rings. The number of carbonyl (C=O) groups is 3. The van der Waals surface area contributed by atoms with Gasteiger partial charge in [0.15, 0.2) is 5.76 Å². The van der Waals surface area contributed by atoms with E-state index in [0.717, 1.165) is 5.39 Å². The maximum absolute atomic E-state index is 12.8. The van der Waals surface area contributed by atoms with Crippen molar-refractivity contribution >= 4 is 28.9 Å². The Morgan fingerprint density at radius 1 is 0.968 bits per heavy atom. The van der Waals surface area contributed by atoms with Crippen LogP contribution in [0.15, 0.2) is 34.7 Å². The van der Waals surface area contributed by atoms with Gasteiger partial charge >= 0.3 is 6.09 Å². The number of hydrogen-bond acceptors (Lipinski definition) is 5. The Hall–Kier alpha value is -3.03. The SMILES string of the molecule is CC(C)OC(=O)N[C@H](C(=O)N[C@H](CNC(=O)c1cc2ccccc2o1)C(C)C)C(C)C. The number of alkyl carbamates (subject to hydrolysis) is 1. The highest BCUT2D eigenvalue weighted by molar-refractivity contribution is 5.96. The lowest BCUT2D eigenvalue weighted by Gasteiger charge is -2.27. The number of furan rings is 1. The summed E-state index contributed by atoms with van der Waals surface area (Å²) >= 11 is 0. The minimum atomic E-state index is -0.751. The van der Waals surface area contributed by atoms with Crippen molar-refractivity contribution in [3.63, 3.8) is 0 Å². The Bertz CT molecular complexity index is 871. The minimum Gasteiger partial charge on any atom is -0.451 e. The Labute approximate surface area is 183 Å². The molecule has 8 heteroatoms. The lowest BCUT2D eigenvalue weighted by molar-refractivity contribution is -0.125. The molecule has 0 fully saturated rings. The Kier molecular flexibility index (Phi) is 8.47. The van der Waals surface area contributed by atoms with Crippen LogP contribution in [0, 0.1) is 11.8 Å². The van der Waals surface area contributed by atoms with Gasteiger partial charge in [-0.15, -0.1) is 0 Å². The van der Waals surface area contributed by atoms with E-state index in [1.54, 1.807) is 26.0 Å². The van der Waals surface area contributed by atoms with E-state index in [4.69, 9.17) is 9.15 Å². The van der Waals surface area contributed by atoms with Gasteiger partial charge in [0.2, 0.25) is 5.91 Å². The molecule has 0 unspecified atom stereocenters. The smallest absolute Gasteiger partial charge is 0.408 e. The van der Waals surface area contributed by atoms with Crippen molar-refractivity contribution < 1.29 is 23.5 Å². The van der Waals surface area contributed by atoms with Crippen molar-refractivity contribution in [3.05, 3.63) is 36.1 Å². The molecule has 1 aromatic heterocycles. The van der Waals surface area contributed by atoms with Crippen molar-refractivity contribution in [1.29, 1.82) is 0 Å². The summed E-state index contributed by atoms with van der Waals surface area (Å²) in [5.74, 6) is -0.552. The van der Waals surface area contributed by atoms with E-state index in [1.807, 2.05) is 45.9 Å². The van der Waals surface area contributed by atoms with Gasteiger partial charge in [0.25, 0.3) is 5.91 Å². The second kappa shape index (κ2) is 10.8. The van der Waals surface area contributed by atoms with Crippen molar-refractivity contribution in [2.75, 3.05) is 6.54 Å². The third kappa shape index (κ3) is 7.01. The lowest BCUT2D eigenvalue weighted by Crippen LogP contribution is -2.55. The van der Waals surface area contributed by atoms with Crippen molar-refractivity contribution in [2.24, 2.45) is 11.8 Å². The van der Waals surface area contributed by atoms with Crippen LogP contribution in [0.2, 0.25) is 0 Å². The molecule has 0 radical (unpaired) electrons. The molecule has 0 saturated heterocycles. The van der Waals surface area contributed by atoms with Gasteiger partial charge in [-0.3, -0.25) is 9.59 Å². The summed E-state index contributed by atoms with van der Waals surface area (Å²) in [6.45, 7) is 11.3. The van der Waals surface area contributed by atoms with E-state index < -0.39 is 12.1 Å². The van der Waals surface area contributed by atoms with Gasteiger partial charge in [-0.1, -0.05) is 45.9 Å². The monoisotopic (exact) mass is 431 g/mol. The van der Waals surface area contributed by atoms with Crippen LogP contribution in [-0.2, 0) is 9.53 Å². The van der Waals surface area contributed by atoms with E-state index in [-0.39, 0.29) is 48.1 Å². The highest BCUT2D eigenvalue weighted by Crippen LogP contribution is 2.18. The lowest BCUT2D eigenvalue weighted by atomic mass is 10.0. The Balaban J connectivity index is 1.99. The number of rotatable bonds is 9. The van der Waals surface area contributed by atoms with E-state index in [0.29, 0.717) is 5.58 Å². The first-order chi connectivity index (χ1) is 14.6. The number of ether oxygens (including phenoxy) is 1. The summed E-state index contributed by atoms with van der Waals surface area (Å²) in [5.41, 5.74) is 0.639. The molecule has 3 amide bonds. The van der Waals surface area contributed by atoms with Crippen molar-refractivity contribution in [1.82, 2.24) is 16.0 Å². The molecule has 0 saturated carbocycles. The number of benzene rings is 1. The third-order valence-corrected chi connectivity index (χ3v) is 4.83. The van der Waals surface area contributed by atoms with Crippen LogP contribution < -0.4 is 16.0 Å². The Morgan fingerprint density at radius 3 is 2.23 bits per heavy atom. The number of nitrogens with one attached hydrogen (secondary N) is 3. The van der Waals surface area contributed by atoms with Crippen LogP contribution in [-0.4, -0.2) is 42.6 Å². The van der Waals surface area contributed by atoms with Gasteiger partial charge in [-0.2, -0.15) is 0 Å². The van der Waals surface area contributed by atoms with Crippen LogP contribution in [0.4, 0.5) is 4.79 Å². The van der Waals surface area contributed by atoms with Crippen LogP contribution in [0.1, 0.15) is 52.1 Å². The van der Waals surface area contributed by atoms with Crippen molar-refractivity contribution in [3.8, 4) is 0 Å². The van der Waals surface area contributed by atoms with Gasteiger partial charge in [0, 0.05) is 18.0 Å². The third-order valence-electron chi connectivity index (χ3n) is 4.83. The molecule has 1 aromatic carbocycles. The molecule has 0 bridgehead atoms. The number of amides is 3. The molecule has 0 spiro atoms. The second-order valence-corrected chi connectivity index (χ2v) is 8.54. The van der Waals surface area contributed by atoms with E-state index in [1.165, 1.54) is 0 Å². The zero-order valence-electron chi connectivity index (χ0n) is 19.0. The van der Waals surface area contributed by atoms with E-state index >= 15 is 0 Å². The van der Waals surface area contributed by atoms with Crippen LogP contribution in [0.3, 0.4) is 0 Å². The molecule has 0 aliphatic carbocycles. The molecule has 2 atom stereocenters. The van der Waals surface area contributed by atoms with E-state index in [2.05, 4.69) is 16.0 Å². The van der Waals surface area contributed by atoms with Gasteiger partial charge < -0.3 is 25.1 Å². The molecule has 31 heavy (non-hydrogen) atoms. The average molecular weight is 432 g/mol. The predicted molar refractivity (Wildman–Crippen MR) is 119 cm³/mol. The first kappa shape index (κ1) is 24.2. The number of fused-ring (bicyclic) bond motifs is 1. The summed E-state index contributed by atoms with van der Waals surface area (Å²) < 4.78 is 10.7. The first-order valence-corrected chi connectivity index (χ1v) is 10.6. The second-order valence-electron chi connectivity index (χ2n) is 8.54. The van der Waals surface area contributed by atoms with E-state index in [9.17, 15) is 14.4 Å². The molecule has 170 valence electrons. The summed E-state index contributed by atoms with van der Waals surface area (Å²) in [4.78, 5) is 37.3. The number of para-hydroxylation sites is 1. The molecular weight excluding hydrogens is 398 g/mol. The molecule has 0 aliphatic heterocycles. The summed E-state index contributed by atoms with van der Waals surface area (Å²) in [6, 6.07) is 7.99. The summed E-state index contributed by atoms with van der Waals surface area (Å²) in [5, 5.41) is 9.23. The fourth-order valence-corrected chi connectivity index (χ4v) is 3.02. The number of hydrogen-bond donors (Lipinski definition) is 3. The first-order valence-electron chi connectivity index (χ1n) is 10.6. The summed E-state index contributed by atoms with van der Waals surface area (Å²) in [7, 11) is 0. The molecule has 2 rings (SSSR count). The average Bonchev–Trinajstić information content (AvgIpc) is 3.12. The molecule has 0 aliphatic rings. The summed E-state index contributed by atoms with van der Waals surface area (Å²) in [6.07, 6.45) is -0.920. The predicted octanol–water partition coefficient (Wildman–Crippen LogP) is 3.46. The minimum absolute atomic E-state index is 0.0513. The maximum atomic E-state index is 12.8. The zero-order valence-corrected chi connectivity index (χ0v) is 19.0. The molecule has 1 heterocycles. The normalized spacial score (nSPS) is 13.3. The van der Waals surface area contributed by atoms with Gasteiger partial charge in [0.1, 0.15) is 11.6 Å². The molecule has 8 nitrogen and oxygen atoms in total. The maximum Gasteiger partial charge on any atom is 0.408 e. The highest BCUT2D eigenvalue weighted by atomic mass is 16.6. The fourth-order valence-electron chi connectivity index (χ4n) is 3.02.